The third kappa shape index (κ3) is 3.18. The van der Waals surface area contributed by atoms with Gasteiger partial charge in [0.2, 0.25) is 0 Å². The Bertz CT molecular complexity index is 1310. The number of anilines is 2. The molecule has 0 aromatic heterocycles. The van der Waals surface area contributed by atoms with Crippen LogP contribution in [0.15, 0.2) is 53.4 Å². The van der Waals surface area contributed by atoms with E-state index in [1.807, 2.05) is 0 Å². The van der Waals surface area contributed by atoms with Crippen molar-refractivity contribution >= 4 is 49.7 Å². The maximum atomic E-state index is 13.1. The first-order valence-corrected chi connectivity index (χ1v) is 10.7. The number of sulfonamides is 1. The van der Waals surface area contributed by atoms with E-state index in [4.69, 9.17) is 11.6 Å². The number of hydrogen-bond acceptors (Lipinski definition) is 3. The number of carbonyl (C=O) groups excluding carboxylic acids is 1. The molecule has 0 unspecified atom stereocenters. The lowest BCUT2D eigenvalue weighted by Gasteiger charge is -2.16. The van der Waals surface area contributed by atoms with E-state index in [9.17, 15) is 26.4 Å². The van der Waals surface area contributed by atoms with Crippen molar-refractivity contribution in [1.82, 2.24) is 0 Å². The number of nitrogens with one attached hydrogen (secondary N) is 1. The summed E-state index contributed by atoms with van der Waals surface area (Å²) < 4.78 is 67.5. The number of rotatable bonds is 4. The van der Waals surface area contributed by atoms with Crippen LogP contribution in [0, 0.1) is 0 Å². The van der Waals surface area contributed by atoms with E-state index < -0.39 is 26.8 Å². The van der Waals surface area contributed by atoms with Gasteiger partial charge in [0, 0.05) is 28.6 Å². The van der Waals surface area contributed by atoms with Gasteiger partial charge in [-0.2, -0.15) is 13.2 Å². The van der Waals surface area contributed by atoms with Crippen LogP contribution in [0.5, 0.6) is 0 Å². The van der Waals surface area contributed by atoms with Crippen molar-refractivity contribution in [1.29, 1.82) is 0 Å². The zero-order valence-electron chi connectivity index (χ0n) is 15.4. The van der Waals surface area contributed by atoms with Crippen LogP contribution in [0.2, 0.25) is 5.02 Å². The summed E-state index contributed by atoms with van der Waals surface area (Å²) in [5, 5.41) is 0.278. The first kappa shape index (κ1) is 20.5. The number of alkyl halides is 3. The van der Waals surface area contributed by atoms with E-state index in [1.54, 1.807) is 25.1 Å². The van der Waals surface area contributed by atoms with Crippen LogP contribution < -0.4 is 9.62 Å². The minimum Gasteiger partial charge on any atom is -0.308 e. The number of amides is 1. The summed E-state index contributed by atoms with van der Waals surface area (Å²) in [6.07, 6.45) is -4.73. The van der Waals surface area contributed by atoms with Crippen molar-refractivity contribution < 1.29 is 26.4 Å². The van der Waals surface area contributed by atoms with Gasteiger partial charge in [-0.3, -0.25) is 9.52 Å². The Morgan fingerprint density at radius 2 is 1.83 bits per heavy atom. The van der Waals surface area contributed by atoms with Gasteiger partial charge in [-0.05, 0) is 43.3 Å². The highest BCUT2D eigenvalue weighted by Gasteiger charge is 2.34. The van der Waals surface area contributed by atoms with E-state index in [2.05, 4.69) is 4.72 Å². The van der Waals surface area contributed by atoms with Crippen LogP contribution in [0.3, 0.4) is 0 Å². The lowest BCUT2D eigenvalue weighted by atomic mass is 10.1. The molecule has 4 rings (SSSR count). The lowest BCUT2D eigenvalue weighted by molar-refractivity contribution is -0.137. The van der Waals surface area contributed by atoms with Crippen molar-refractivity contribution in [2.45, 2.75) is 18.0 Å². The maximum Gasteiger partial charge on any atom is 0.417 e. The molecule has 1 amide bonds. The van der Waals surface area contributed by atoms with E-state index >= 15 is 0 Å². The van der Waals surface area contributed by atoms with Crippen molar-refractivity contribution in [3.8, 4) is 0 Å². The quantitative estimate of drug-likeness (QED) is 0.582. The third-order valence-corrected chi connectivity index (χ3v) is 6.64. The highest BCUT2D eigenvalue weighted by molar-refractivity contribution is 7.93. The highest BCUT2D eigenvalue weighted by atomic mass is 35.5. The molecule has 1 N–H and O–H groups in total. The van der Waals surface area contributed by atoms with Gasteiger partial charge in [-0.1, -0.05) is 23.7 Å². The van der Waals surface area contributed by atoms with Crippen molar-refractivity contribution in [3.05, 3.63) is 64.7 Å². The van der Waals surface area contributed by atoms with Crippen LogP contribution in [-0.4, -0.2) is 20.9 Å². The molecule has 1 aliphatic rings. The Kier molecular flexibility index (Phi) is 4.70. The highest BCUT2D eigenvalue weighted by Crippen LogP contribution is 2.41. The third-order valence-electron chi connectivity index (χ3n) is 4.87. The van der Waals surface area contributed by atoms with Gasteiger partial charge in [0.15, 0.2) is 0 Å². The summed E-state index contributed by atoms with van der Waals surface area (Å²) in [7, 11) is -4.25. The van der Waals surface area contributed by atoms with Gasteiger partial charge in [0.25, 0.3) is 15.9 Å². The Labute approximate surface area is 175 Å². The summed E-state index contributed by atoms with van der Waals surface area (Å²) in [5.41, 5.74) is -0.444. The number of carbonyl (C=O) groups is 1. The van der Waals surface area contributed by atoms with Gasteiger partial charge in [0.1, 0.15) is 0 Å². The molecule has 0 radical (unpaired) electrons. The minimum absolute atomic E-state index is 0.141. The molecule has 1 aliphatic heterocycles. The molecule has 0 aliphatic carbocycles. The molecule has 3 aromatic rings. The fourth-order valence-corrected chi connectivity index (χ4v) is 5.06. The predicted molar refractivity (Wildman–Crippen MR) is 109 cm³/mol. The largest absolute Gasteiger partial charge is 0.417 e. The molecular weight excluding hydrogens is 441 g/mol. The Hall–Kier alpha value is -2.78. The standard InChI is InChI=1S/C20H14ClF3N2O3S/c1-2-26-16-8-9-17(12-4-3-5-13(18(12)16)19(26)27)30(28,29)25-11-6-7-15(21)14(10-11)20(22,23)24/h3-10,25H,2H2,1H3. The Morgan fingerprint density at radius 3 is 2.50 bits per heavy atom. The monoisotopic (exact) mass is 454 g/mol. The topological polar surface area (TPSA) is 66.5 Å². The zero-order chi connectivity index (χ0) is 21.8. The molecule has 0 bridgehead atoms. The fourth-order valence-electron chi connectivity index (χ4n) is 3.58. The predicted octanol–water partition coefficient (Wildman–Crippen LogP) is 5.29. The second-order valence-electron chi connectivity index (χ2n) is 6.66. The molecule has 0 spiro atoms. The zero-order valence-corrected chi connectivity index (χ0v) is 17.0. The van der Waals surface area contributed by atoms with Gasteiger partial charge < -0.3 is 4.90 Å². The van der Waals surface area contributed by atoms with Crippen LogP contribution in [0.1, 0.15) is 22.8 Å². The van der Waals surface area contributed by atoms with E-state index in [0.717, 1.165) is 12.1 Å². The summed E-state index contributed by atoms with van der Waals surface area (Å²) in [6, 6.07) is 10.4. The molecule has 1 heterocycles. The first-order valence-electron chi connectivity index (χ1n) is 8.81. The molecule has 10 heteroatoms. The second kappa shape index (κ2) is 6.88. The summed E-state index contributed by atoms with van der Waals surface area (Å²) in [5.74, 6) is -0.229. The van der Waals surface area contributed by atoms with E-state index in [1.165, 1.54) is 17.0 Å². The average Bonchev–Trinajstić information content (AvgIpc) is 2.95. The van der Waals surface area contributed by atoms with Crippen molar-refractivity contribution in [3.63, 3.8) is 0 Å². The Balaban J connectivity index is 1.83. The number of halogens is 4. The minimum atomic E-state index is -4.73. The molecule has 30 heavy (non-hydrogen) atoms. The summed E-state index contributed by atoms with van der Waals surface area (Å²) in [6.45, 7) is 2.22. The van der Waals surface area contributed by atoms with Gasteiger partial charge in [-0.25, -0.2) is 8.42 Å². The maximum absolute atomic E-state index is 13.1. The lowest BCUT2D eigenvalue weighted by Crippen LogP contribution is -2.25. The molecule has 0 saturated heterocycles. The molecule has 0 saturated carbocycles. The normalized spacial score (nSPS) is 13.9. The van der Waals surface area contributed by atoms with Crippen LogP contribution in [-0.2, 0) is 16.2 Å². The van der Waals surface area contributed by atoms with Gasteiger partial charge in [0.05, 0.1) is 21.2 Å². The molecule has 0 atom stereocenters. The van der Waals surface area contributed by atoms with Crippen LogP contribution >= 0.6 is 11.6 Å². The molecular formula is C20H14ClF3N2O3S. The van der Waals surface area contributed by atoms with E-state index in [-0.39, 0.29) is 16.5 Å². The van der Waals surface area contributed by atoms with Crippen LogP contribution in [0.4, 0.5) is 24.5 Å². The number of benzene rings is 3. The summed E-state index contributed by atoms with van der Waals surface area (Å²) >= 11 is 5.60. The first-order chi connectivity index (χ1) is 14.0. The second-order valence-corrected chi connectivity index (χ2v) is 8.72. The fraction of sp³-hybridized carbons (Fsp3) is 0.150. The Morgan fingerprint density at radius 1 is 1.10 bits per heavy atom. The van der Waals surface area contributed by atoms with E-state index in [0.29, 0.717) is 34.6 Å². The van der Waals surface area contributed by atoms with Crippen molar-refractivity contribution in [2.75, 3.05) is 16.2 Å². The summed E-state index contributed by atoms with van der Waals surface area (Å²) in [4.78, 5) is 14.0. The molecule has 5 nitrogen and oxygen atoms in total. The average molecular weight is 455 g/mol. The van der Waals surface area contributed by atoms with Crippen molar-refractivity contribution in [2.24, 2.45) is 0 Å². The number of nitrogens with zero attached hydrogens (tertiary/aromatic N) is 1. The molecule has 156 valence electrons. The van der Waals surface area contributed by atoms with Gasteiger partial charge in [-0.15, -0.1) is 0 Å². The molecule has 3 aromatic carbocycles. The number of hydrogen-bond donors (Lipinski definition) is 1. The SMILES string of the molecule is CCN1C(=O)c2cccc3c(S(=O)(=O)Nc4ccc(Cl)c(C(F)(F)F)c4)ccc1c23. The van der Waals surface area contributed by atoms with Gasteiger partial charge >= 0.3 is 6.18 Å². The smallest absolute Gasteiger partial charge is 0.308 e. The van der Waals surface area contributed by atoms with Crippen LogP contribution in [0.25, 0.3) is 10.8 Å². The molecule has 0 fully saturated rings.